The fraction of sp³-hybridized carbons (Fsp3) is 0.955. The van der Waals surface area contributed by atoms with Crippen molar-refractivity contribution < 1.29 is 59.1 Å². The Hall–Kier alpha value is -0.713. The molecular formula is C22H42O12Si. The van der Waals surface area contributed by atoms with Gasteiger partial charge in [0.1, 0.15) is 42.7 Å². The van der Waals surface area contributed by atoms with E-state index in [0.717, 1.165) is 6.04 Å². The second kappa shape index (κ2) is 12.2. The minimum atomic E-state index is -1.74. The van der Waals surface area contributed by atoms with Crippen LogP contribution in [0.5, 0.6) is 0 Å². The van der Waals surface area contributed by atoms with Crippen LogP contribution in [-0.4, -0.2) is 126 Å². The molecule has 2 aliphatic rings. The van der Waals surface area contributed by atoms with Gasteiger partial charge in [-0.3, -0.25) is 4.79 Å². The van der Waals surface area contributed by atoms with Crippen molar-refractivity contribution in [1.82, 2.24) is 0 Å². The maximum Gasteiger partial charge on any atom is 0.311 e. The van der Waals surface area contributed by atoms with Gasteiger partial charge in [-0.15, -0.1) is 0 Å². The first kappa shape index (κ1) is 30.5. The van der Waals surface area contributed by atoms with Crippen molar-refractivity contribution in [3.05, 3.63) is 0 Å². The van der Waals surface area contributed by atoms with Crippen LogP contribution >= 0.6 is 0 Å². The SMILES string of the molecule is CC(C)(C)C(=O)O[C@H]1[C@H](OCC[Si](C)(C)C)O[C@H](CO)[C@@H](O[C@@H]2O[C@H](CO)[C@H](O)[C@H](O)[C@H]2O)[C@@H]1O. The number of carbonyl (C=O) groups is 1. The molecule has 6 N–H and O–H groups in total. The quantitative estimate of drug-likeness (QED) is 0.152. The van der Waals surface area contributed by atoms with Gasteiger partial charge in [-0.1, -0.05) is 19.6 Å². The van der Waals surface area contributed by atoms with Gasteiger partial charge in [0, 0.05) is 14.7 Å². The summed E-state index contributed by atoms with van der Waals surface area (Å²) in [5.41, 5.74) is -0.899. The second-order valence-corrected chi connectivity index (χ2v) is 16.9. The number of aliphatic hydroxyl groups is 6. The number of ether oxygens (including phenoxy) is 5. The molecule has 12 nitrogen and oxygen atoms in total. The standard InChI is InChI=1S/C22H42O12Si/c1-22(2,3)21(29)34-18-16(28)17(12(10-24)32-20(18)30-7-8-35(4,5)6)33-19-15(27)14(26)13(25)11(9-23)31-19/h11-20,23-28H,7-10H2,1-6H3/t11-,12-,13+,14+,15-,16+,17-,18-,19+,20-/m1/s1. The average molecular weight is 527 g/mol. The van der Waals surface area contributed by atoms with Crippen molar-refractivity contribution in [2.24, 2.45) is 5.41 Å². The fourth-order valence-electron chi connectivity index (χ4n) is 3.59. The van der Waals surface area contributed by atoms with Crippen molar-refractivity contribution in [2.75, 3.05) is 19.8 Å². The highest BCUT2D eigenvalue weighted by atomic mass is 28.3. The number of hydrogen-bond donors (Lipinski definition) is 6. The molecule has 0 radical (unpaired) electrons. The van der Waals surface area contributed by atoms with Crippen LogP contribution in [0.15, 0.2) is 0 Å². The second-order valence-electron chi connectivity index (χ2n) is 11.3. The summed E-state index contributed by atoms with van der Waals surface area (Å²) in [6, 6.07) is 0.775. The van der Waals surface area contributed by atoms with Crippen LogP contribution in [0.2, 0.25) is 25.7 Å². The maximum absolute atomic E-state index is 12.6. The smallest absolute Gasteiger partial charge is 0.311 e. The first-order valence-electron chi connectivity index (χ1n) is 11.8. The van der Waals surface area contributed by atoms with E-state index in [-0.39, 0.29) is 6.61 Å². The normalized spacial score (nSPS) is 38.9. The summed E-state index contributed by atoms with van der Waals surface area (Å²) >= 11 is 0. The Morgan fingerprint density at radius 2 is 1.40 bits per heavy atom. The molecule has 0 aliphatic carbocycles. The number of rotatable bonds is 9. The highest BCUT2D eigenvalue weighted by Crippen LogP contribution is 2.32. The van der Waals surface area contributed by atoms with E-state index in [1.807, 2.05) is 0 Å². The maximum atomic E-state index is 12.6. The molecule has 0 unspecified atom stereocenters. The molecule has 2 saturated heterocycles. The Bertz CT molecular complexity index is 678. The molecule has 0 aromatic heterocycles. The number of esters is 1. The van der Waals surface area contributed by atoms with Crippen LogP contribution in [0.25, 0.3) is 0 Å². The van der Waals surface area contributed by atoms with Gasteiger partial charge in [0.15, 0.2) is 18.7 Å². The molecular weight excluding hydrogens is 484 g/mol. The van der Waals surface area contributed by atoms with Crippen LogP contribution in [0, 0.1) is 5.41 Å². The lowest BCUT2D eigenvalue weighted by atomic mass is 9.95. The van der Waals surface area contributed by atoms with Crippen molar-refractivity contribution in [1.29, 1.82) is 0 Å². The van der Waals surface area contributed by atoms with E-state index >= 15 is 0 Å². The molecule has 206 valence electrons. The van der Waals surface area contributed by atoms with Gasteiger partial charge < -0.3 is 54.3 Å². The van der Waals surface area contributed by atoms with Crippen LogP contribution in [0.3, 0.4) is 0 Å². The van der Waals surface area contributed by atoms with Gasteiger partial charge in [-0.2, -0.15) is 0 Å². The van der Waals surface area contributed by atoms with Crippen molar-refractivity contribution in [2.45, 2.75) is 108 Å². The highest BCUT2D eigenvalue weighted by Gasteiger charge is 2.52. The molecule has 13 heteroatoms. The van der Waals surface area contributed by atoms with E-state index in [2.05, 4.69) is 19.6 Å². The highest BCUT2D eigenvalue weighted by molar-refractivity contribution is 6.76. The molecule has 10 atom stereocenters. The lowest BCUT2D eigenvalue weighted by Gasteiger charge is -2.47. The summed E-state index contributed by atoms with van der Waals surface area (Å²) in [6.45, 7) is 10.4. The summed E-state index contributed by atoms with van der Waals surface area (Å²) < 4.78 is 28.3. The van der Waals surface area contributed by atoms with Crippen LogP contribution < -0.4 is 0 Å². The predicted molar refractivity (Wildman–Crippen MR) is 124 cm³/mol. The van der Waals surface area contributed by atoms with Gasteiger partial charge in [-0.25, -0.2) is 0 Å². The Morgan fingerprint density at radius 3 is 1.91 bits per heavy atom. The summed E-state index contributed by atoms with van der Waals surface area (Å²) in [7, 11) is -1.47. The fourth-order valence-corrected chi connectivity index (χ4v) is 4.32. The van der Waals surface area contributed by atoms with Crippen molar-refractivity contribution in [3.8, 4) is 0 Å². The van der Waals surface area contributed by atoms with Gasteiger partial charge in [0.2, 0.25) is 0 Å². The number of carbonyl (C=O) groups excluding carboxylic acids is 1. The van der Waals surface area contributed by atoms with Crippen molar-refractivity contribution >= 4 is 14.0 Å². The molecule has 0 aromatic rings. The van der Waals surface area contributed by atoms with Gasteiger partial charge in [0.05, 0.1) is 18.6 Å². The van der Waals surface area contributed by atoms with E-state index in [1.54, 1.807) is 20.8 Å². The molecule has 2 heterocycles. The van der Waals surface area contributed by atoms with Gasteiger partial charge >= 0.3 is 5.97 Å². The molecule has 0 spiro atoms. The number of aliphatic hydroxyl groups excluding tert-OH is 6. The van der Waals surface area contributed by atoms with E-state index in [4.69, 9.17) is 23.7 Å². The predicted octanol–water partition coefficient (Wildman–Crippen LogP) is -1.44. The summed E-state index contributed by atoms with van der Waals surface area (Å²) in [5, 5.41) is 60.9. The first-order chi connectivity index (χ1) is 16.1. The first-order valence-corrected chi connectivity index (χ1v) is 15.5. The molecule has 35 heavy (non-hydrogen) atoms. The monoisotopic (exact) mass is 526 g/mol. The largest absolute Gasteiger partial charge is 0.454 e. The van der Waals surface area contributed by atoms with Crippen LogP contribution in [0.4, 0.5) is 0 Å². The third-order valence-corrected chi connectivity index (χ3v) is 7.63. The van der Waals surface area contributed by atoms with Gasteiger partial charge in [-0.05, 0) is 26.8 Å². The molecule has 0 aromatic carbocycles. The zero-order chi connectivity index (χ0) is 26.7. The Labute approximate surface area is 206 Å². The Balaban J connectivity index is 2.26. The average Bonchev–Trinajstić information content (AvgIpc) is 2.75. The Kier molecular flexibility index (Phi) is 10.7. The topological polar surface area (TPSA) is 185 Å². The molecule has 0 amide bonds. The minimum Gasteiger partial charge on any atom is -0.454 e. The van der Waals surface area contributed by atoms with Crippen LogP contribution in [0.1, 0.15) is 20.8 Å². The molecule has 2 fully saturated rings. The third-order valence-electron chi connectivity index (χ3n) is 5.93. The molecule has 0 bridgehead atoms. The summed E-state index contributed by atoms with van der Waals surface area (Å²) in [5.74, 6) is -0.627. The zero-order valence-electron chi connectivity index (χ0n) is 21.2. The van der Waals surface area contributed by atoms with E-state index < -0.39 is 94.1 Å². The lowest BCUT2D eigenvalue weighted by Crippen LogP contribution is -2.65. The number of hydrogen-bond acceptors (Lipinski definition) is 12. The summed E-state index contributed by atoms with van der Waals surface area (Å²) in [4.78, 5) is 12.6. The minimum absolute atomic E-state index is 0.285. The summed E-state index contributed by atoms with van der Waals surface area (Å²) in [6.07, 6.45) is -14.5. The Morgan fingerprint density at radius 1 is 0.829 bits per heavy atom. The van der Waals surface area contributed by atoms with Gasteiger partial charge in [0.25, 0.3) is 0 Å². The lowest BCUT2D eigenvalue weighted by molar-refractivity contribution is -0.359. The third kappa shape index (κ3) is 7.88. The van der Waals surface area contributed by atoms with Crippen LogP contribution in [-0.2, 0) is 28.5 Å². The molecule has 2 aliphatic heterocycles. The van der Waals surface area contributed by atoms with E-state index in [1.165, 1.54) is 0 Å². The van der Waals surface area contributed by atoms with E-state index in [0.29, 0.717) is 0 Å². The van der Waals surface area contributed by atoms with Crippen molar-refractivity contribution in [3.63, 3.8) is 0 Å². The molecule has 0 saturated carbocycles. The molecule has 2 rings (SSSR count). The van der Waals surface area contributed by atoms with E-state index in [9.17, 15) is 35.4 Å². The zero-order valence-corrected chi connectivity index (χ0v) is 22.2.